The van der Waals surface area contributed by atoms with E-state index in [4.69, 9.17) is 4.74 Å². The average Bonchev–Trinajstić information content (AvgIpc) is 2.06. The largest absolute Gasteiger partial charge is 0.381 e. The van der Waals surface area contributed by atoms with Gasteiger partial charge in [0.1, 0.15) is 0 Å². The Hall–Kier alpha value is -0.340. The lowest BCUT2D eigenvalue weighted by Gasteiger charge is -2.33. The molecule has 0 amide bonds. The van der Waals surface area contributed by atoms with Crippen LogP contribution in [0.1, 0.15) is 19.8 Å². The van der Waals surface area contributed by atoms with Crippen molar-refractivity contribution in [1.29, 1.82) is 0 Å². The smallest absolute Gasteiger partial charge is 0.0471 e. The zero-order valence-corrected chi connectivity index (χ0v) is 7.94. The van der Waals surface area contributed by atoms with Crippen LogP contribution in [0.15, 0.2) is 12.7 Å². The van der Waals surface area contributed by atoms with E-state index in [1.165, 1.54) is 12.8 Å². The molecule has 0 aromatic carbocycles. The van der Waals surface area contributed by atoms with Gasteiger partial charge in [0.15, 0.2) is 0 Å². The van der Waals surface area contributed by atoms with Gasteiger partial charge in [-0.2, -0.15) is 0 Å². The SMILES string of the molecule is C=CCNCC1(C)CCOCC1. The summed E-state index contributed by atoms with van der Waals surface area (Å²) in [6.07, 6.45) is 4.26. The summed E-state index contributed by atoms with van der Waals surface area (Å²) in [5, 5.41) is 3.37. The van der Waals surface area contributed by atoms with Crippen LogP contribution < -0.4 is 5.32 Å². The van der Waals surface area contributed by atoms with Crippen LogP contribution >= 0.6 is 0 Å². The second-order valence-electron chi connectivity index (χ2n) is 3.84. The second-order valence-corrected chi connectivity index (χ2v) is 3.84. The molecule has 12 heavy (non-hydrogen) atoms. The number of rotatable bonds is 4. The molecule has 1 N–H and O–H groups in total. The third-order valence-electron chi connectivity index (χ3n) is 2.54. The summed E-state index contributed by atoms with van der Waals surface area (Å²) in [7, 11) is 0. The van der Waals surface area contributed by atoms with Crippen molar-refractivity contribution >= 4 is 0 Å². The van der Waals surface area contributed by atoms with Crippen LogP contribution in [0.3, 0.4) is 0 Å². The van der Waals surface area contributed by atoms with Crippen molar-refractivity contribution in [3.8, 4) is 0 Å². The van der Waals surface area contributed by atoms with Crippen LogP contribution in [0.25, 0.3) is 0 Å². The second kappa shape index (κ2) is 4.63. The summed E-state index contributed by atoms with van der Waals surface area (Å²) >= 11 is 0. The molecule has 0 unspecified atom stereocenters. The first-order chi connectivity index (χ1) is 5.77. The van der Waals surface area contributed by atoms with Gasteiger partial charge in [0.25, 0.3) is 0 Å². The monoisotopic (exact) mass is 169 g/mol. The third kappa shape index (κ3) is 2.95. The molecular weight excluding hydrogens is 150 g/mol. The van der Waals surface area contributed by atoms with Crippen LogP contribution in [0, 0.1) is 5.41 Å². The zero-order valence-electron chi connectivity index (χ0n) is 7.94. The molecule has 0 aromatic rings. The first-order valence-corrected chi connectivity index (χ1v) is 4.66. The molecule has 1 aliphatic heterocycles. The summed E-state index contributed by atoms with van der Waals surface area (Å²) < 4.78 is 5.32. The highest BCUT2D eigenvalue weighted by Crippen LogP contribution is 2.28. The first kappa shape index (κ1) is 9.75. The summed E-state index contributed by atoms with van der Waals surface area (Å²) in [5.41, 5.74) is 0.446. The summed E-state index contributed by atoms with van der Waals surface area (Å²) in [6, 6.07) is 0. The van der Waals surface area contributed by atoms with E-state index >= 15 is 0 Å². The van der Waals surface area contributed by atoms with Gasteiger partial charge in [-0.15, -0.1) is 6.58 Å². The molecule has 1 fully saturated rings. The lowest BCUT2D eigenvalue weighted by atomic mass is 9.82. The van der Waals surface area contributed by atoms with Gasteiger partial charge in [-0.1, -0.05) is 13.0 Å². The summed E-state index contributed by atoms with van der Waals surface area (Å²) in [6.45, 7) is 9.85. The lowest BCUT2D eigenvalue weighted by molar-refractivity contribution is 0.0246. The van der Waals surface area contributed by atoms with Gasteiger partial charge in [0.2, 0.25) is 0 Å². The molecule has 2 heteroatoms. The van der Waals surface area contributed by atoms with Crippen LogP contribution in [0.2, 0.25) is 0 Å². The Bertz CT molecular complexity index is 139. The predicted octanol–water partition coefficient (Wildman–Crippen LogP) is 1.58. The van der Waals surface area contributed by atoms with Crippen LogP contribution in [0.5, 0.6) is 0 Å². The Morgan fingerprint density at radius 1 is 1.50 bits per heavy atom. The minimum Gasteiger partial charge on any atom is -0.381 e. The summed E-state index contributed by atoms with van der Waals surface area (Å²) in [5.74, 6) is 0. The standard InChI is InChI=1S/C10H19NO/c1-3-6-11-9-10(2)4-7-12-8-5-10/h3,11H,1,4-9H2,2H3. The minimum absolute atomic E-state index is 0.446. The molecule has 1 rings (SSSR count). The quantitative estimate of drug-likeness (QED) is 0.509. The van der Waals surface area contributed by atoms with Gasteiger partial charge >= 0.3 is 0 Å². The molecule has 0 spiro atoms. The molecule has 0 saturated carbocycles. The minimum atomic E-state index is 0.446. The first-order valence-electron chi connectivity index (χ1n) is 4.66. The predicted molar refractivity (Wildman–Crippen MR) is 51.2 cm³/mol. The van der Waals surface area contributed by atoms with Gasteiger partial charge in [-0.25, -0.2) is 0 Å². The number of nitrogens with one attached hydrogen (secondary N) is 1. The van der Waals surface area contributed by atoms with E-state index in [1.54, 1.807) is 0 Å². The Labute approximate surface area is 75.0 Å². The van der Waals surface area contributed by atoms with Crippen LogP contribution in [0.4, 0.5) is 0 Å². The fraction of sp³-hybridized carbons (Fsp3) is 0.800. The number of hydrogen-bond donors (Lipinski definition) is 1. The van der Waals surface area contributed by atoms with E-state index in [2.05, 4.69) is 18.8 Å². The fourth-order valence-electron chi connectivity index (χ4n) is 1.52. The molecule has 0 aromatic heterocycles. The highest BCUT2D eigenvalue weighted by molar-refractivity contribution is 4.81. The number of ether oxygens (including phenoxy) is 1. The van der Waals surface area contributed by atoms with E-state index < -0.39 is 0 Å². The molecule has 1 heterocycles. The number of hydrogen-bond acceptors (Lipinski definition) is 2. The van der Waals surface area contributed by atoms with Gasteiger partial charge in [0.05, 0.1) is 0 Å². The molecule has 0 bridgehead atoms. The third-order valence-corrected chi connectivity index (χ3v) is 2.54. The van der Waals surface area contributed by atoms with Crippen molar-refractivity contribution in [3.63, 3.8) is 0 Å². The molecule has 0 atom stereocenters. The van der Waals surface area contributed by atoms with E-state index in [1.807, 2.05) is 6.08 Å². The average molecular weight is 169 g/mol. The fourth-order valence-corrected chi connectivity index (χ4v) is 1.52. The maximum Gasteiger partial charge on any atom is 0.0471 e. The van der Waals surface area contributed by atoms with E-state index in [0.717, 1.165) is 26.3 Å². The molecule has 70 valence electrons. The molecule has 0 aliphatic carbocycles. The Morgan fingerprint density at radius 3 is 2.75 bits per heavy atom. The van der Waals surface area contributed by atoms with Crippen molar-refractivity contribution in [2.75, 3.05) is 26.3 Å². The maximum atomic E-state index is 5.32. The van der Waals surface area contributed by atoms with Crippen molar-refractivity contribution in [3.05, 3.63) is 12.7 Å². The maximum absolute atomic E-state index is 5.32. The molecule has 1 aliphatic rings. The van der Waals surface area contributed by atoms with Crippen molar-refractivity contribution in [2.24, 2.45) is 5.41 Å². The molecule has 2 nitrogen and oxygen atoms in total. The van der Waals surface area contributed by atoms with E-state index in [0.29, 0.717) is 5.41 Å². The molecular formula is C10H19NO. The molecule has 0 radical (unpaired) electrons. The Morgan fingerprint density at radius 2 is 2.17 bits per heavy atom. The van der Waals surface area contributed by atoms with Crippen LogP contribution in [-0.4, -0.2) is 26.3 Å². The van der Waals surface area contributed by atoms with Gasteiger partial charge in [-0.3, -0.25) is 0 Å². The van der Waals surface area contributed by atoms with Gasteiger partial charge < -0.3 is 10.1 Å². The normalized spacial score (nSPS) is 22.1. The Kier molecular flexibility index (Phi) is 3.76. The highest BCUT2D eigenvalue weighted by Gasteiger charge is 2.26. The van der Waals surface area contributed by atoms with Crippen molar-refractivity contribution < 1.29 is 4.74 Å². The topological polar surface area (TPSA) is 21.3 Å². The lowest BCUT2D eigenvalue weighted by Crippen LogP contribution is -2.36. The van der Waals surface area contributed by atoms with E-state index in [9.17, 15) is 0 Å². The van der Waals surface area contributed by atoms with Crippen molar-refractivity contribution in [1.82, 2.24) is 5.32 Å². The van der Waals surface area contributed by atoms with Gasteiger partial charge in [-0.05, 0) is 18.3 Å². The van der Waals surface area contributed by atoms with Crippen LogP contribution in [-0.2, 0) is 4.74 Å². The van der Waals surface area contributed by atoms with E-state index in [-0.39, 0.29) is 0 Å². The van der Waals surface area contributed by atoms with Gasteiger partial charge in [0, 0.05) is 26.3 Å². The summed E-state index contributed by atoms with van der Waals surface area (Å²) in [4.78, 5) is 0. The highest BCUT2D eigenvalue weighted by atomic mass is 16.5. The zero-order chi connectivity index (χ0) is 8.86. The Balaban J connectivity index is 2.21. The van der Waals surface area contributed by atoms with Crippen molar-refractivity contribution in [2.45, 2.75) is 19.8 Å². The molecule has 1 saturated heterocycles.